The topological polar surface area (TPSA) is 36.3 Å². The Morgan fingerprint density at radius 2 is 1.88 bits per heavy atom. The number of hydrogen-bond acceptors (Lipinski definition) is 3. The van der Waals surface area contributed by atoms with Crippen molar-refractivity contribution in [3.63, 3.8) is 0 Å². The van der Waals surface area contributed by atoms with Gasteiger partial charge in [-0.15, -0.1) is 0 Å². The second-order valence-electron chi connectivity index (χ2n) is 4.96. The molecule has 17 heavy (non-hydrogen) atoms. The van der Waals surface area contributed by atoms with Crippen LogP contribution in [-0.2, 0) is 9.31 Å². The highest BCUT2D eigenvalue weighted by Gasteiger charge is 2.53. The maximum Gasteiger partial charge on any atom is 0.516 e. The lowest BCUT2D eigenvalue weighted by molar-refractivity contribution is 0.00578. The van der Waals surface area contributed by atoms with Crippen LogP contribution in [-0.4, -0.2) is 27.9 Å². The number of rotatable bonds is 2. The minimum absolute atomic E-state index is 0.357. The molecule has 1 aromatic rings. The molecular weight excluding hydrogens is 372 g/mol. The monoisotopic (exact) mass is 386 g/mol. The molecule has 4 nitrogen and oxygen atoms in total. The van der Waals surface area contributed by atoms with Crippen LogP contribution in [0.4, 0.5) is 0 Å². The van der Waals surface area contributed by atoms with E-state index >= 15 is 0 Å². The van der Waals surface area contributed by atoms with Crippen LogP contribution in [0.2, 0.25) is 5.02 Å². The zero-order chi connectivity index (χ0) is 12.8. The van der Waals surface area contributed by atoms with Crippen LogP contribution in [0.5, 0.6) is 0 Å². The molecular formula is C9H14BClIN2O2P. The fourth-order valence-corrected chi connectivity index (χ4v) is 3.43. The fraction of sp³-hybridized carbons (Fsp3) is 0.667. The first-order chi connectivity index (χ1) is 7.78. The molecule has 8 heteroatoms. The maximum absolute atomic E-state index is 6.15. The summed E-state index contributed by atoms with van der Waals surface area (Å²) in [5.41, 5.74) is 0.0904. The third kappa shape index (κ3) is 2.39. The summed E-state index contributed by atoms with van der Waals surface area (Å²) in [7, 11) is -0.447. The van der Waals surface area contributed by atoms with Gasteiger partial charge in [-0.2, -0.15) is 5.10 Å². The lowest BCUT2D eigenvalue weighted by Crippen LogP contribution is -2.41. The molecule has 0 radical (unpaired) electrons. The fourth-order valence-electron chi connectivity index (χ4n) is 1.57. The van der Waals surface area contributed by atoms with Gasteiger partial charge in [0.15, 0.2) is 0 Å². The van der Waals surface area contributed by atoms with Crippen molar-refractivity contribution in [2.75, 3.05) is 0 Å². The molecule has 94 valence electrons. The van der Waals surface area contributed by atoms with Crippen molar-refractivity contribution in [2.45, 2.75) is 38.9 Å². The Morgan fingerprint density at radius 3 is 2.35 bits per heavy atom. The molecule has 1 atom stereocenters. The molecule has 1 fully saturated rings. The zero-order valence-electron chi connectivity index (χ0n) is 10.1. The minimum atomic E-state index is -0.447. The van der Waals surface area contributed by atoms with Crippen molar-refractivity contribution < 1.29 is 9.31 Å². The Kier molecular flexibility index (Phi) is 3.83. The summed E-state index contributed by atoms with van der Waals surface area (Å²) in [4.78, 5) is 0. The lowest BCUT2D eigenvalue weighted by Gasteiger charge is -2.32. The van der Waals surface area contributed by atoms with E-state index in [1.807, 2.05) is 32.1 Å². The number of aromatic nitrogens is 2. The van der Waals surface area contributed by atoms with E-state index in [1.165, 1.54) is 0 Å². The Bertz CT molecular complexity index is 425. The molecule has 0 spiro atoms. The summed E-state index contributed by atoms with van der Waals surface area (Å²) in [5.74, 6) is 0. The SMILES string of the molecule is CC1(C)OB(c2c(Cl)cnn2PI)OC1(C)C. The summed E-state index contributed by atoms with van der Waals surface area (Å²) in [6.45, 7) is 8.09. The van der Waals surface area contributed by atoms with Gasteiger partial charge in [-0.1, -0.05) is 11.6 Å². The molecule has 0 saturated carbocycles. The molecule has 0 aliphatic carbocycles. The summed E-state index contributed by atoms with van der Waals surface area (Å²) in [6.07, 6.45) is 2.10. The van der Waals surface area contributed by atoms with Gasteiger partial charge in [-0.3, -0.25) is 0 Å². The van der Waals surface area contributed by atoms with Crippen molar-refractivity contribution in [3.05, 3.63) is 11.2 Å². The summed E-state index contributed by atoms with van der Waals surface area (Å²) in [5, 5.41) is 4.79. The number of hydrogen-bond donors (Lipinski definition) is 0. The first-order valence-electron chi connectivity index (χ1n) is 5.24. The predicted octanol–water partition coefficient (Wildman–Crippen LogP) is 2.63. The Hall–Kier alpha value is 0.645. The van der Waals surface area contributed by atoms with Crippen LogP contribution >= 0.6 is 40.0 Å². The molecule has 1 unspecified atom stereocenters. The maximum atomic E-state index is 6.15. The van der Waals surface area contributed by atoms with Gasteiger partial charge >= 0.3 is 7.12 Å². The molecule has 0 amide bonds. The lowest BCUT2D eigenvalue weighted by atomic mass is 9.85. The molecule has 1 saturated heterocycles. The van der Waals surface area contributed by atoms with Crippen LogP contribution in [0.3, 0.4) is 0 Å². The van der Waals surface area contributed by atoms with Gasteiger partial charge in [0.05, 0.1) is 34.4 Å². The smallest absolute Gasteiger partial charge is 0.398 e. The van der Waals surface area contributed by atoms with Crippen LogP contribution in [0, 0.1) is 0 Å². The minimum Gasteiger partial charge on any atom is -0.398 e. The summed E-state index contributed by atoms with van der Waals surface area (Å²) >= 11 is 8.40. The van der Waals surface area contributed by atoms with Crippen molar-refractivity contribution in [1.82, 2.24) is 9.55 Å². The highest BCUT2D eigenvalue weighted by atomic mass is 127. The molecule has 0 aromatic carbocycles. The van der Waals surface area contributed by atoms with Gasteiger partial charge in [-0.05, 0) is 49.7 Å². The third-order valence-electron chi connectivity index (χ3n) is 3.32. The van der Waals surface area contributed by atoms with Gasteiger partial charge in [0.25, 0.3) is 0 Å². The van der Waals surface area contributed by atoms with Crippen molar-refractivity contribution in [1.29, 1.82) is 0 Å². The summed E-state index contributed by atoms with van der Waals surface area (Å²) in [6, 6.07) is 0. The summed E-state index contributed by atoms with van der Waals surface area (Å²) < 4.78 is 13.8. The highest BCUT2D eigenvalue weighted by molar-refractivity contribution is 14.2. The van der Waals surface area contributed by atoms with E-state index < -0.39 is 7.12 Å². The number of halogens is 2. The number of nitrogens with zero attached hydrogens (tertiary/aromatic N) is 2. The standard InChI is InChI=1S/C9H14BClIN2O2P/c1-8(2)9(3,4)16-10(15-8)7-6(11)5-13-14(7)17-12/h5,17H,1-4H3. The van der Waals surface area contributed by atoms with E-state index in [0.717, 1.165) is 5.59 Å². The Morgan fingerprint density at radius 1 is 1.35 bits per heavy atom. The molecule has 0 N–H and O–H groups in total. The van der Waals surface area contributed by atoms with Crippen LogP contribution in [0.1, 0.15) is 27.7 Å². The van der Waals surface area contributed by atoms with Crippen molar-refractivity contribution >= 4 is 52.7 Å². The average Bonchev–Trinajstić information content (AvgIpc) is 2.65. The molecule has 2 rings (SSSR count). The predicted molar refractivity (Wildman–Crippen MR) is 80.7 cm³/mol. The second kappa shape index (κ2) is 4.64. The van der Waals surface area contributed by atoms with E-state index in [4.69, 9.17) is 20.9 Å². The molecule has 1 aromatic heterocycles. The van der Waals surface area contributed by atoms with E-state index in [-0.39, 0.29) is 11.2 Å². The van der Waals surface area contributed by atoms with Gasteiger partial charge in [0, 0.05) is 0 Å². The van der Waals surface area contributed by atoms with E-state index in [0.29, 0.717) is 11.4 Å². The Balaban J connectivity index is 2.35. The second-order valence-corrected chi connectivity index (χ2v) is 7.41. The normalized spacial score (nSPS) is 22.8. The van der Waals surface area contributed by atoms with Gasteiger partial charge in [0.1, 0.15) is 0 Å². The van der Waals surface area contributed by atoms with Crippen LogP contribution in [0.15, 0.2) is 6.20 Å². The Labute approximate surface area is 121 Å². The average molecular weight is 386 g/mol. The molecule has 1 aliphatic heterocycles. The zero-order valence-corrected chi connectivity index (χ0v) is 14.0. The van der Waals surface area contributed by atoms with Crippen molar-refractivity contribution in [3.8, 4) is 0 Å². The van der Waals surface area contributed by atoms with Gasteiger partial charge in [0.2, 0.25) is 0 Å². The van der Waals surface area contributed by atoms with Crippen LogP contribution in [0.25, 0.3) is 0 Å². The highest BCUT2D eigenvalue weighted by Crippen LogP contribution is 2.37. The largest absolute Gasteiger partial charge is 0.516 e. The van der Waals surface area contributed by atoms with Crippen LogP contribution < -0.4 is 5.59 Å². The molecule has 0 bridgehead atoms. The quantitative estimate of drug-likeness (QED) is 0.446. The van der Waals surface area contributed by atoms with Gasteiger partial charge < -0.3 is 9.31 Å². The van der Waals surface area contributed by atoms with E-state index in [1.54, 1.807) is 6.20 Å². The van der Waals surface area contributed by atoms with E-state index in [2.05, 4.69) is 27.1 Å². The molecule has 1 aliphatic rings. The van der Waals surface area contributed by atoms with Gasteiger partial charge in [-0.25, -0.2) is 4.45 Å². The third-order valence-corrected chi connectivity index (χ3v) is 5.49. The molecule has 2 heterocycles. The first kappa shape index (κ1) is 14.1. The first-order valence-corrected chi connectivity index (χ1v) is 9.68. The van der Waals surface area contributed by atoms with E-state index in [9.17, 15) is 0 Å². The van der Waals surface area contributed by atoms with Crippen molar-refractivity contribution in [2.24, 2.45) is 0 Å².